The Kier molecular flexibility index (Phi) is 9.84. The Hall–Kier alpha value is -2.97. The summed E-state index contributed by atoms with van der Waals surface area (Å²) >= 11 is 0. The molecule has 1 aliphatic carbocycles. The van der Waals surface area contributed by atoms with Crippen LogP contribution < -0.4 is 15.8 Å². The summed E-state index contributed by atoms with van der Waals surface area (Å²) < 4.78 is 5.67. The van der Waals surface area contributed by atoms with Crippen LogP contribution >= 0.6 is 0 Å². The monoisotopic (exact) mass is 572 g/mol. The molecule has 5 rings (SSSR count). The van der Waals surface area contributed by atoms with Crippen molar-refractivity contribution in [3.8, 4) is 11.1 Å². The molecule has 1 saturated carbocycles. The lowest BCUT2D eigenvalue weighted by molar-refractivity contribution is 0.0846. The van der Waals surface area contributed by atoms with Crippen molar-refractivity contribution >= 4 is 5.69 Å². The van der Waals surface area contributed by atoms with Crippen molar-refractivity contribution in [2.45, 2.75) is 78.7 Å². The van der Waals surface area contributed by atoms with E-state index in [0.717, 1.165) is 84.3 Å². The van der Waals surface area contributed by atoms with Gasteiger partial charge in [-0.25, -0.2) is 0 Å². The van der Waals surface area contributed by atoms with Gasteiger partial charge in [0.2, 0.25) is 0 Å². The molecule has 1 unspecified atom stereocenters. The maximum absolute atomic E-state index is 12.6. The third-order valence-corrected chi connectivity index (χ3v) is 8.97. The van der Waals surface area contributed by atoms with Gasteiger partial charge in [0.25, 0.3) is 5.56 Å². The quantitative estimate of drug-likeness (QED) is 0.245. The molecule has 3 aromatic rings. The largest absolute Gasteiger partial charge is 0.381 e. The molecule has 7 heteroatoms. The van der Waals surface area contributed by atoms with Gasteiger partial charge < -0.3 is 24.6 Å². The zero-order valence-electron chi connectivity index (χ0n) is 26.0. The first-order valence-electron chi connectivity index (χ1n) is 15.6. The van der Waals surface area contributed by atoms with Gasteiger partial charge in [-0.15, -0.1) is 0 Å². The Bertz CT molecular complexity index is 1410. The first-order chi connectivity index (χ1) is 20.2. The second-order valence-electron chi connectivity index (χ2n) is 12.4. The standard InChI is InChI=1S/C35H48N4O3/c1-6-39(30-13-15-42-16-14-30)33-19-29(28-11-9-27(10-12-28)22-38(5)21-26-7-8-26)18-31(25(33)4)34(40)36-20-32-23(2)17-24(3)37-35(32)41/h9-12,17-19,26,30,34,36,40H,6-8,13-16,20-22H2,1-5H3,(H,37,41). The lowest BCUT2D eigenvalue weighted by atomic mass is 9.94. The highest BCUT2D eigenvalue weighted by molar-refractivity contribution is 5.73. The summed E-state index contributed by atoms with van der Waals surface area (Å²) in [5, 5.41) is 14.8. The molecule has 0 spiro atoms. The van der Waals surface area contributed by atoms with Crippen molar-refractivity contribution in [2.75, 3.05) is 38.3 Å². The van der Waals surface area contributed by atoms with E-state index >= 15 is 0 Å². The zero-order valence-corrected chi connectivity index (χ0v) is 26.0. The summed E-state index contributed by atoms with van der Waals surface area (Å²) in [5.74, 6) is 0.879. The summed E-state index contributed by atoms with van der Waals surface area (Å²) in [5.41, 5.74) is 8.85. The van der Waals surface area contributed by atoms with E-state index in [9.17, 15) is 9.90 Å². The lowest BCUT2D eigenvalue weighted by Gasteiger charge is -2.37. The zero-order chi connectivity index (χ0) is 29.8. The Morgan fingerprint density at radius 2 is 1.74 bits per heavy atom. The van der Waals surface area contributed by atoms with Gasteiger partial charge in [-0.05, 0) is 112 Å². The number of ether oxygens (including phenoxy) is 1. The molecule has 1 saturated heterocycles. The summed E-state index contributed by atoms with van der Waals surface area (Å²) in [7, 11) is 2.21. The van der Waals surface area contributed by atoms with Gasteiger partial charge in [-0.1, -0.05) is 24.3 Å². The number of nitrogens with zero attached hydrogens (tertiary/aromatic N) is 2. The van der Waals surface area contributed by atoms with E-state index in [-0.39, 0.29) is 12.1 Å². The van der Waals surface area contributed by atoms with Crippen LogP contribution in [-0.2, 0) is 17.8 Å². The number of aromatic nitrogens is 1. The minimum Gasteiger partial charge on any atom is -0.381 e. The van der Waals surface area contributed by atoms with Crippen molar-refractivity contribution < 1.29 is 9.84 Å². The molecule has 1 atom stereocenters. The number of anilines is 1. The highest BCUT2D eigenvalue weighted by atomic mass is 16.5. The van der Waals surface area contributed by atoms with Crippen LogP contribution in [0.3, 0.4) is 0 Å². The van der Waals surface area contributed by atoms with Crippen LogP contribution in [0.1, 0.15) is 72.3 Å². The van der Waals surface area contributed by atoms with Gasteiger partial charge in [0.1, 0.15) is 6.23 Å². The SMILES string of the molecule is CCN(c1cc(-c2ccc(CN(C)CC3CC3)cc2)cc(C(O)NCc2c(C)cc(C)[nH]c2=O)c1C)C1CCOCC1. The molecule has 3 N–H and O–H groups in total. The minimum atomic E-state index is -0.924. The smallest absolute Gasteiger partial charge is 0.252 e. The minimum absolute atomic E-state index is 0.113. The Morgan fingerprint density at radius 3 is 2.38 bits per heavy atom. The van der Waals surface area contributed by atoms with Crippen molar-refractivity contribution in [3.63, 3.8) is 0 Å². The number of nitrogens with one attached hydrogen (secondary N) is 2. The molecule has 1 aliphatic heterocycles. The molecular formula is C35H48N4O3. The molecule has 0 bridgehead atoms. The predicted molar refractivity (Wildman–Crippen MR) is 171 cm³/mol. The lowest BCUT2D eigenvalue weighted by Crippen LogP contribution is -2.40. The van der Waals surface area contributed by atoms with E-state index in [1.54, 1.807) is 0 Å². The normalized spacial score (nSPS) is 16.6. The molecule has 7 nitrogen and oxygen atoms in total. The predicted octanol–water partition coefficient (Wildman–Crippen LogP) is 5.59. The van der Waals surface area contributed by atoms with E-state index in [4.69, 9.17) is 4.74 Å². The number of aromatic amines is 1. The fourth-order valence-corrected chi connectivity index (χ4v) is 6.42. The van der Waals surface area contributed by atoms with Crippen LogP contribution in [0, 0.1) is 26.7 Å². The number of pyridine rings is 1. The van der Waals surface area contributed by atoms with Crippen LogP contribution in [0.15, 0.2) is 47.3 Å². The Labute approximate surface area is 250 Å². The average molecular weight is 573 g/mol. The Balaban J connectivity index is 1.45. The topological polar surface area (TPSA) is 80.8 Å². The van der Waals surface area contributed by atoms with Gasteiger partial charge >= 0.3 is 0 Å². The Morgan fingerprint density at radius 1 is 1.02 bits per heavy atom. The summed E-state index contributed by atoms with van der Waals surface area (Å²) in [4.78, 5) is 20.4. The van der Waals surface area contributed by atoms with Crippen molar-refractivity contribution in [2.24, 2.45) is 5.92 Å². The van der Waals surface area contributed by atoms with Crippen molar-refractivity contribution in [3.05, 3.63) is 86.3 Å². The number of aliphatic hydroxyl groups is 1. The van der Waals surface area contributed by atoms with Crippen LogP contribution in [0.5, 0.6) is 0 Å². The van der Waals surface area contributed by atoms with Crippen LogP contribution in [0.25, 0.3) is 11.1 Å². The number of aliphatic hydroxyl groups excluding tert-OH is 1. The van der Waals surface area contributed by atoms with Crippen molar-refractivity contribution in [1.29, 1.82) is 0 Å². The molecule has 2 fully saturated rings. The average Bonchev–Trinajstić information content (AvgIpc) is 3.78. The molecule has 2 heterocycles. The number of H-pyrrole nitrogens is 1. The molecule has 2 aliphatic rings. The number of hydrogen-bond acceptors (Lipinski definition) is 6. The maximum atomic E-state index is 12.6. The summed E-state index contributed by atoms with van der Waals surface area (Å²) in [6.07, 6.45) is 3.79. The number of aryl methyl sites for hydroxylation is 2. The van der Waals surface area contributed by atoms with E-state index in [2.05, 4.69) is 77.4 Å². The highest BCUT2D eigenvalue weighted by Gasteiger charge is 2.25. The van der Waals surface area contributed by atoms with Crippen LogP contribution in [0.2, 0.25) is 0 Å². The first-order valence-corrected chi connectivity index (χ1v) is 15.6. The highest BCUT2D eigenvalue weighted by Crippen LogP contribution is 2.36. The molecule has 0 radical (unpaired) electrons. The molecule has 2 aromatic carbocycles. The van der Waals surface area contributed by atoms with Gasteiger partial charge in [0, 0.05) is 67.9 Å². The molecular weight excluding hydrogens is 524 g/mol. The fourth-order valence-electron chi connectivity index (χ4n) is 6.42. The third-order valence-electron chi connectivity index (χ3n) is 8.97. The fraction of sp³-hybridized carbons (Fsp3) is 0.514. The van der Waals surface area contributed by atoms with Gasteiger partial charge in [0.15, 0.2) is 0 Å². The van der Waals surface area contributed by atoms with Gasteiger partial charge in [-0.3, -0.25) is 10.1 Å². The second kappa shape index (κ2) is 13.6. The van der Waals surface area contributed by atoms with Crippen LogP contribution in [-0.4, -0.2) is 54.4 Å². The number of benzene rings is 2. The van der Waals surface area contributed by atoms with E-state index < -0.39 is 6.23 Å². The first kappa shape index (κ1) is 30.5. The number of hydrogen-bond donors (Lipinski definition) is 3. The second-order valence-corrected chi connectivity index (χ2v) is 12.4. The van der Waals surface area contributed by atoms with E-state index in [1.165, 1.54) is 24.9 Å². The molecule has 42 heavy (non-hydrogen) atoms. The summed E-state index contributed by atoms with van der Waals surface area (Å²) in [6.45, 7) is 13.0. The van der Waals surface area contributed by atoms with E-state index in [1.807, 2.05) is 19.9 Å². The molecule has 226 valence electrons. The number of rotatable bonds is 12. The van der Waals surface area contributed by atoms with Gasteiger partial charge in [-0.2, -0.15) is 0 Å². The van der Waals surface area contributed by atoms with Crippen molar-refractivity contribution in [1.82, 2.24) is 15.2 Å². The van der Waals surface area contributed by atoms with Gasteiger partial charge in [0.05, 0.1) is 0 Å². The maximum Gasteiger partial charge on any atom is 0.252 e. The molecule has 0 amide bonds. The van der Waals surface area contributed by atoms with Crippen LogP contribution in [0.4, 0.5) is 5.69 Å². The molecule has 1 aromatic heterocycles. The third kappa shape index (κ3) is 7.32. The van der Waals surface area contributed by atoms with E-state index in [0.29, 0.717) is 11.6 Å². The summed E-state index contributed by atoms with van der Waals surface area (Å²) in [6, 6.07) is 15.6.